The summed E-state index contributed by atoms with van der Waals surface area (Å²) in [4.78, 5) is 16.2. The van der Waals surface area contributed by atoms with Crippen LogP contribution in [0.15, 0.2) is 0 Å². The maximum Gasteiger partial charge on any atom is 0.319 e. The van der Waals surface area contributed by atoms with E-state index in [1.165, 1.54) is 12.8 Å². The van der Waals surface area contributed by atoms with Gasteiger partial charge in [-0.2, -0.15) is 0 Å². The van der Waals surface area contributed by atoms with Crippen molar-refractivity contribution in [2.45, 2.75) is 45.1 Å². The molecule has 0 spiro atoms. The Kier molecular flexibility index (Phi) is 4.87. The third-order valence-electron chi connectivity index (χ3n) is 4.01. The molecule has 4 nitrogen and oxygen atoms in total. The van der Waals surface area contributed by atoms with Crippen molar-refractivity contribution in [3.63, 3.8) is 0 Å². The third-order valence-corrected chi connectivity index (χ3v) is 4.01. The maximum absolute atomic E-state index is 12.3. The summed E-state index contributed by atoms with van der Waals surface area (Å²) in [5, 5.41) is 0. The number of piperidine rings is 1. The van der Waals surface area contributed by atoms with Gasteiger partial charge in [0, 0.05) is 33.3 Å². The predicted molar refractivity (Wildman–Crippen MR) is 71.6 cm³/mol. The monoisotopic (exact) mass is 254 g/mol. The smallest absolute Gasteiger partial charge is 0.319 e. The number of hydrogen-bond donors (Lipinski definition) is 0. The molecule has 2 aliphatic rings. The van der Waals surface area contributed by atoms with Crippen molar-refractivity contribution in [1.29, 1.82) is 0 Å². The highest BCUT2D eigenvalue weighted by Gasteiger charge is 2.25. The number of urea groups is 1. The number of carbonyl (C=O) groups excluding carboxylic acids is 1. The van der Waals surface area contributed by atoms with Gasteiger partial charge in [-0.05, 0) is 38.0 Å². The van der Waals surface area contributed by atoms with E-state index < -0.39 is 0 Å². The van der Waals surface area contributed by atoms with Crippen LogP contribution in [0.4, 0.5) is 4.79 Å². The van der Waals surface area contributed by atoms with Gasteiger partial charge in [0.25, 0.3) is 0 Å². The van der Waals surface area contributed by atoms with Crippen LogP contribution in [0, 0.1) is 5.92 Å². The second-order valence-corrected chi connectivity index (χ2v) is 5.85. The lowest BCUT2D eigenvalue weighted by Gasteiger charge is -2.35. The Morgan fingerprint density at radius 3 is 2.83 bits per heavy atom. The van der Waals surface area contributed by atoms with E-state index in [-0.39, 0.29) is 12.1 Å². The number of nitrogens with zero attached hydrogens (tertiary/aromatic N) is 2. The molecule has 0 aliphatic carbocycles. The molecular formula is C14H26N2O2. The van der Waals surface area contributed by atoms with Gasteiger partial charge >= 0.3 is 6.03 Å². The van der Waals surface area contributed by atoms with Crippen molar-refractivity contribution in [3.8, 4) is 0 Å². The average Bonchev–Trinajstić information content (AvgIpc) is 2.39. The minimum Gasteiger partial charge on any atom is -0.376 e. The van der Waals surface area contributed by atoms with Crippen LogP contribution in [0.1, 0.15) is 39.0 Å². The molecule has 2 unspecified atom stereocenters. The Balaban J connectivity index is 1.79. The highest BCUT2D eigenvalue weighted by atomic mass is 16.5. The fraction of sp³-hybridized carbons (Fsp3) is 0.929. The second kappa shape index (κ2) is 6.41. The molecule has 2 aliphatic heterocycles. The molecule has 0 saturated carbocycles. The van der Waals surface area contributed by atoms with E-state index in [2.05, 4.69) is 6.92 Å². The number of hydrogen-bond acceptors (Lipinski definition) is 2. The molecule has 0 aromatic rings. The molecule has 2 saturated heterocycles. The van der Waals surface area contributed by atoms with E-state index in [1.807, 2.05) is 16.8 Å². The van der Waals surface area contributed by atoms with Gasteiger partial charge in [0.1, 0.15) is 0 Å². The molecule has 2 atom stereocenters. The molecule has 4 heteroatoms. The molecule has 0 aromatic heterocycles. The first-order chi connectivity index (χ1) is 8.66. The summed E-state index contributed by atoms with van der Waals surface area (Å²) < 4.78 is 5.69. The first-order valence-corrected chi connectivity index (χ1v) is 7.28. The lowest BCUT2D eigenvalue weighted by Crippen LogP contribution is -2.48. The van der Waals surface area contributed by atoms with Gasteiger partial charge in [-0.3, -0.25) is 0 Å². The zero-order valence-electron chi connectivity index (χ0n) is 11.7. The van der Waals surface area contributed by atoms with Gasteiger partial charge in [-0.1, -0.05) is 6.92 Å². The molecule has 2 heterocycles. The molecule has 104 valence electrons. The van der Waals surface area contributed by atoms with Crippen molar-refractivity contribution in [2.75, 3.05) is 33.3 Å². The molecule has 2 rings (SSSR count). The summed E-state index contributed by atoms with van der Waals surface area (Å²) in [5.41, 5.74) is 0. The van der Waals surface area contributed by atoms with Crippen LogP contribution in [-0.2, 0) is 4.74 Å². The lowest BCUT2D eigenvalue weighted by molar-refractivity contribution is 0.000931. The number of ether oxygens (including phenoxy) is 1. The first kappa shape index (κ1) is 13.7. The highest BCUT2D eigenvalue weighted by molar-refractivity contribution is 5.74. The lowest BCUT2D eigenvalue weighted by atomic mass is 10.0. The Labute approximate surface area is 110 Å². The standard InChI is InChI=1S/C14H26N2O2/c1-12-6-5-8-16(10-12)14(17)15(2)11-13-7-3-4-9-18-13/h12-13H,3-11H2,1-2H3. The quantitative estimate of drug-likeness (QED) is 0.757. The second-order valence-electron chi connectivity index (χ2n) is 5.85. The summed E-state index contributed by atoms with van der Waals surface area (Å²) in [6, 6.07) is 0.177. The Morgan fingerprint density at radius 2 is 2.17 bits per heavy atom. The number of likely N-dealkylation sites (tertiary alicyclic amines) is 1. The van der Waals surface area contributed by atoms with E-state index in [1.54, 1.807) is 0 Å². The third kappa shape index (κ3) is 3.61. The van der Waals surface area contributed by atoms with Crippen LogP contribution < -0.4 is 0 Å². The molecular weight excluding hydrogens is 228 g/mol. The molecule has 0 radical (unpaired) electrons. The summed E-state index contributed by atoms with van der Waals surface area (Å²) in [7, 11) is 1.90. The van der Waals surface area contributed by atoms with Crippen molar-refractivity contribution >= 4 is 6.03 Å². The first-order valence-electron chi connectivity index (χ1n) is 7.28. The maximum atomic E-state index is 12.3. The summed E-state index contributed by atoms with van der Waals surface area (Å²) in [6.45, 7) is 5.65. The molecule has 18 heavy (non-hydrogen) atoms. The van der Waals surface area contributed by atoms with Gasteiger partial charge in [0.05, 0.1) is 6.10 Å². The highest BCUT2D eigenvalue weighted by Crippen LogP contribution is 2.18. The van der Waals surface area contributed by atoms with Crippen LogP contribution in [0.3, 0.4) is 0 Å². The minimum atomic E-state index is 0.177. The van der Waals surface area contributed by atoms with Gasteiger partial charge < -0.3 is 14.5 Å². The van der Waals surface area contributed by atoms with E-state index in [0.29, 0.717) is 5.92 Å². The van der Waals surface area contributed by atoms with Crippen LogP contribution in [0.25, 0.3) is 0 Å². The number of rotatable bonds is 2. The summed E-state index contributed by atoms with van der Waals surface area (Å²) >= 11 is 0. The van der Waals surface area contributed by atoms with E-state index >= 15 is 0 Å². The normalized spacial score (nSPS) is 29.1. The largest absolute Gasteiger partial charge is 0.376 e. The van der Waals surface area contributed by atoms with Crippen LogP contribution in [0.5, 0.6) is 0 Å². The van der Waals surface area contributed by atoms with Crippen molar-refractivity contribution in [3.05, 3.63) is 0 Å². The summed E-state index contributed by atoms with van der Waals surface area (Å²) in [6.07, 6.45) is 6.12. The SMILES string of the molecule is CC1CCCN(C(=O)N(C)CC2CCCCO2)C1. The van der Waals surface area contributed by atoms with E-state index in [4.69, 9.17) is 4.74 Å². The van der Waals surface area contributed by atoms with E-state index in [9.17, 15) is 4.79 Å². The van der Waals surface area contributed by atoms with Gasteiger partial charge in [0.2, 0.25) is 0 Å². The number of likely N-dealkylation sites (N-methyl/N-ethyl adjacent to an activating group) is 1. The zero-order valence-corrected chi connectivity index (χ0v) is 11.7. The zero-order chi connectivity index (χ0) is 13.0. The fourth-order valence-corrected chi connectivity index (χ4v) is 2.94. The van der Waals surface area contributed by atoms with Crippen molar-refractivity contribution in [2.24, 2.45) is 5.92 Å². The average molecular weight is 254 g/mol. The molecule has 0 aromatic carbocycles. The molecule has 2 fully saturated rings. The minimum absolute atomic E-state index is 0.177. The van der Waals surface area contributed by atoms with Crippen molar-refractivity contribution in [1.82, 2.24) is 9.80 Å². The van der Waals surface area contributed by atoms with Gasteiger partial charge in [-0.15, -0.1) is 0 Å². The van der Waals surface area contributed by atoms with Crippen LogP contribution in [0.2, 0.25) is 0 Å². The van der Waals surface area contributed by atoms with Crippen LogP contribution in [-0.4, -0.2) is 55.2 Å². The van der Waals surface area contributed by atoms with Gasteiger partial charge in [0.15, 0.2) is 0 Å². The Bertz CT molecular complexity index is 277. The molecule has 0 N–H and O–H groups in total. The molecule has 2 amide bonds. The molecule has 0 bridgehead atoms. The Hall–Kier alpha value is -0.770. The van der Waals surface area contributed by atoms with E-state index in [0.717, 1.165) is 45.5 Å². The van der Waals surface area contributed by atoms with Crippen molar-refractivity contribution < 1.29 is 9.53 Å². The number of carbonyl (C=O) groups is 1. The predicted octanol–water partition coefficient (Wildman–Crippen LogP) is 2.34. The summed E-state index contributed by atoms with van der Waals surface area (Å²) in [5.74, 6) is 0.641. The van der Waals surface area contributed by atoms with Gasteiger partial charge in [-0.25, -0.2) is 4.79 Å². The van der Waals surface area contributed by atoms with Crippen LogP contribution >= 0.6 is 0 Å². The fourth-order valence-electron chi connectivity index (χ4n) is 2.94. The topological polar surface area (TPSA) is 32.8 Å². The number of amides is 2. The Morgan fingerprint density at radius 1 is 1.33 bits per heavy atom.